The molecule has 0 spiro atoms. The van der Waals surface area contributed by atoms with Crippen LogP contribution in [0, 0.1) is 11.8 Å². The number of benzene rings is 4. The van der Waals surface area contributed by atoms with Crippen molar-refractivity contribution < 1.29 is 0 Å². The maximum atomic E-state index is 5.08. The first-order valence-corrected chi connectivity index (χ1v) is 11.9. The van der Waals surface area contributed by atoms with Crippen LogP contribution in [0.2, 0.25) is 0 Å². The zero-order valence-electron chi connectivity index (χ0n) is 19.6. The van der Waals surface area contributed by atoms with E-state index in [2.05, 4.69) is 103 Å². The molecule has 0 aromatic heterocycles. The summed E-state index contributed by atoms with van der Waals surface area (Å²) < 4.78 is 0. The second-order valence-electron chi connectivity index (χ2n) is 8.96. The zero-order chi connectivity index (χ0) is 23.3. The molecular weight excluding hydrogens is 412 g/mol. The second-order valence-corrected chi connectivity index (χ2v) is 8.96. The fraction of sp³-hybridized carbons (Fsp3) is 0.156. The number of rotatable bonds is 4. The Morgan fingerprint density at radius 2 is 1.29 bits per heavy atom. The fourth-order valence-electron chi connectivity index (χ4n) is 4.28. The van der Waals surface area contributed by atoms with Crippen molar-refractivity contribution in [3.05, 3.63) is 137 Å². The van der Waals surface area contributed by atoms with E-state index in [1.165, 1.54) is 11.1 Å². The fourth-order valence-corrected chi connectivity index (χ4v) is 4.28. The maximum absolute atomic E-state index is 5.08. The Hall–Kier alpha value is -4.09. The summed E-state index contributed by atoms with van der Waals surface area (Å²) in [6.07, 6.45) is 0.866. The topological polar surface area (TPSA) is 15.6 Å². The van der Waals surface area contributed by atoms with E-state index in [-0.39, 0.29) is 6.04 Å². The third kappa shape index (κ3) is 4.80. The molecule has 0 fully saturated rings. The van der Waals surface area contributed by atoms with Crippen molar-refractivity contribution in [2.45, 2.75) is 32.2 Å². The third-order valence-corrected chi connectivity index (χ3v) is 6.26. The number of nitrogens with zero attached hydrogens (tertiary/aromatic N) is 2. The monoisotopic (exact) mass is 440 g/mol. The Morgan fingerprint density at radius 3 is 1.91 bits per heavy atom. The van der Waals surface area contributed by atoms with Gasteiger partial charge in [0.1, 0.15) is 0 Å². The largest absolute Gasteiger partial charge is 0.257 e. The molecule has 0 radical (unpaired) electrons. The van der Waals surface area contributed by atoms with E-state index in [4.69, 9.17) is 5.10 Å². The van der Waals surface area contributed by atoms with Gasteiger partial charge < -0.3 is 0 Å². The van der Waals surface area contributed by atoms with Crippen molar-refractivity contribution in [3.63, 3.8) is 0 Å². The average molecular weight is 441 g/mol. The van der Waals surface area contributed by atoms with E-state index < -0.39 is 0 Å². The van der Waals surface area contributed by atoms with Gasteiger partial charge in [-0.3, -0.25) is 5.01 Å². The lowest BCUT2D eigenvalue weighted by Crippen LogP contribution is -2.18. The molecule has 4 aromatic rings. The Balaban J connectivity index is 1.42. The van der Waals surface area contributed by atoms with Crippen molar-refractivity contribution >= 4 is 11.4 Å². The minimum atomic E-state index is 0.177. The number of hydrogen-bond donors (Lipinski definition) is 0. The summed E-state index contributed by atoms with van der Waals surface area (Å²) in [5.74, 6) is 7.02. The first-order chi connectivity index (χ1) is 16.7. The number of hydrogen-bond acceptors (Lipinski definition) is 2. The highest BCUT2D eigenvalue weighted by molar-refractivity contribution is 6.03. The molecule has 0 saturated carbocycles. The van der Waals surface area contributed by atoms with Crippen LogP contribution in [-0.4, -0.2) is 5.71 Å². The van der Waals surface area contributed by atoms with Crippen LogP contribution < -0.4 is 5.01 Å². The Labute approximate surface area is 202 Å². The summed E-state index contributed by atoms with van der Waals surface area (Å²) in [6.45, 7) is 4.46. The van der Waals surface area contributed by atoms with Gasteiger partial charge in [0.15, 0.2) is 0 Å². The van der Waals surface area contributed by atoms with Crippen LogP contribution in [0.4, 0.5) is 5.69 Å². The third-order valence-electron chi connectivity index (χ3n) is 6.26. The molecular formula is C32H28N2. The second kappa shape index (κ2) is 9.81. The molecule has 1 atom stereocenters. The molecule has 2 heteroatoms. The number of para-hydroxylation sites is 1. The summed E-state index contributed by atoms with van der Waals surface area (Å²) in [5.41, 5.74) is 8.04. The van der Waals surface area contributed by atoms with Gasteiger partial charge in [-0.15, -0.1) is 0 Å². The average Bonchev–Trinajstić information content (AvgIpc) is 3.34. The predicted molar refractivity (Wildman–Crippen MR) is 142 cm³/mol. The molecule has 4 aromatic carbocycles. The summed E-state index contributed by atoms with van der Waals surface area (Å²) in [6, 6.07) is 38.2. The van der Waals surface area contributed by atoms with Gasteiger partial charge in [-0.05, 0) is 59.0 Å². The molecule has 0 N–H and O–H groups in total. The van der Waals surface area contributed by atoms with Gasteiger partial charge in [-0.1, -0.05) is 98.5 Å². The Kier molecular flexibility index (Phi) is 6.27. The number of hydrazone groups is 1. The van der Waals surface area contributed by atoms with Crippen LogP contribution in [0.1, 0.15) is 60.0 Å². The highest BCUT2D eigenvalue weighted by Gasteiger charge is 2.29. The standard InChI is InChI=1S/C32H28N2/c1-24(2)27-19-21-29(22-20-27)32-23-31(33-34(32)30-11-7-4-8-12-30)28-17-15-26(16-18-28)14-13-25-9-5-3-6-10-25/h3-12,15-22,24,32H,23H2,1-2H3. The lowest BCUT2D eigenvalue weighted by molar-refractivity contribution is 0.707. The van der Waals surface area contributed by atoms with Gasteiger partial charge in [-0.25, -0.2) is 0 Å². The lowest BCUT2D eigenvalue weighted by atomic mass is 9.95. The normalized spacial score (nSPS) is 15.1. The Morgan fingerprint density at radius 1 is 0.706 bits per heavy atom. The first-order valence-electron chi connectivity index (χ1n) is 11.9. The van der Waals surface area contributed by atoms with Crippen molar-refractivity contribution in [3.8, 4) is 11.8 Å². The molecule has 34 heavy (non-hydrogen) atoms. The highest BCUT2D eigenvalue weighted by atomic mass is 15.5. The van der Waals surface area contributed by atoms with Crippen LogP contribution in [-0.2, 0) is 0 Å². The molecule has 0 amide bonds. The molecule has 2 nitrogen and oxygen atoms in total. The smallest absolute Gasteiger partial charge is 0.0831 e. The van der Waals surface area contributed by atoms with E-state index in [1.54, 1.807) is 0 Å². The summed E-state index contributed by atoms with van der Waals surface area (Å²) in [5, 5.41) is 7.25. The number of anilines is 1. The van der Waals surface area contributed by atoms with Gasteiger partial charge in [0, 0.05) is 17.5 Å². The minimum absolute atomic E-state index is 0.177. The quantitative estimate of drug-likeness (QED) is 0.299. The van der Waals surface area contributed by atoms with Gasteiger partial charge in [0.25, 0.3) is 0 Å². The molecule has 5 rings (SSSR count). The van der Waals surface area contributed by atoms with Gasteiger partial charge >= 0.3 is 0 Å². The Bertz CT molecular complexity index is 1320. The van der Waals surface area contributed by atoms with Crippen LogP contribution in [0.3, 0.4) is 0 Å². The molecule has 0 bridgehead atoms. The van der Waals surface area contributed by atoms with E-state index in [0.717, 1.165) is 34.5 Å². The van der Waals surface area contributed by atoms with E-state index >= 15 is 0 Å². The summed E-state index contributed by atoms with van der Waals surface area (Å²) in [4.78, 5) is 0. The molecule has 1 heterocycles. The van der Waals surface area contributed by atoms with Crippen molar-refractivity contribution in [1.82, 2.24) is 0 Å². The van der Waals surface area contributed by atoms with Crippen molar-refractivity contribution in [2.75, 3.05) is 5.01 Å². The molecule has 166 valence electrons. The van der Waals surface area contributed by atoms with E-state index in [1.807, 2.05) is 36.4 Å². The van der Waals surface area contributed by atoms with Crippen molar-refractivity contribution in [2.24, 2.45) is 5.10 Å². The minimum Gasteiger partial charge on any atom is -0.257 e. The van der Waals surface area contributed by atoms with Crippen LogP contribution >= 0.6 is 0 Å². The predicted octanol–water partition coefficient (Wildman–Crippen LogP) is 7.57. The van der Waals surface area contributed by atoms with Gasteiger partial charge in [0.05, 0.1) is 17.4 Å². The summed E-state index contributed by atoms with van der Waals surface area (Å²) in [7, 11) is 0. The SMILES string of the molecule is CC(C)c1ccc(C2CC(c3ccc(C#Cc4ccccc4)cc3)=NN2c2ccccc2)cc1. The van der Waals surface area contributed by atoms with Crippen LogP contribution in [0.25, 0.3) is 0 Å². The van der Waals surface area contributed by atoms with E-state index in [0.29, 0.717) is 5.92 Å². The van der Waals surface area contributed by atoms with Crippen LogP contribution in [0.15, 0.2) is 114 Å². The van der Waals surface area contributed by atoms with E-state index in [9.17, 15) is 0 Å². The highest BCUT2D eigenvalue weighted by Crippen LogP contribution is 2.37. The molecule has 1 unspecified atom stereocenters. The summed E-state index contributed by atoms with van der Waals surface area (Å²) >= 11 is 0. The maximum Gasteiger partial charge on any atom is 0.0831 e. The first kappa shape index (κ1) is 21.7. The molecule has 1 aliphatic heterocycles. The van der Waals surface area contributed by atoms with Gasteiger partial charge in [0.2, 0.25) is 0 Å². The zero-order valence-corrected chi connectivity index (χ0v) is 19.6. The van der Waals surface area contributed by atoms with Crippen molar-refractivity contribution in [1.29, 1.82) is 0 Å². The molecule has 0 saturated heterocycles. The van der Waals surface area contributed by atoms with Gasteiger partial charge in [-0.2, -0.15) is 5.10 Å². The lowest BCUT2D eigenvalue weighted by Gasteiger charge is -2.24. The molecule has 1 aliphatic rings. The van der Waals surface area contributed by atoms with Crippen LogP contribution in [0.5, 0.6) is 0 Å². The molecule has 0 aliphatic carbocycles.